The number of benzene rings is 3. The van der Waals surface area contributed by atoms with Gasteiger partial charge in [0.2, 0.25) is 0 Å². The smallest absolute Gasteiger partial charge is 0.267 e. The first-order chi connectivity index (χ1) is 11.1. The highest BCUT2D eigenvalue weighted by atomic mass is 16.2. The van der Waals surface area contributed by atoms with Crippen LogP contribution in [-0.2, 0) is 0 Å². The average Bonchev–Trinajstić information content (AvgIpc) is 2.59. The highest BCUT2D eigenvalue weighted by molar-refractivity contribution is 6.03. The highest BCUT2D eigenvalue weighted by Gasteiger charge is 2.05. The molecule has 0 saturated heterocycles. The van der Waals surface area contributed by atoms with Gasteiger partial charge in [-0.05, 0) is 48.4 Å². The van der Waals surface area contributed by atoms with Gasteiger partial charge in [-0.3, -0.25) is 4.79 Å². The summed E-state index contributed by atoms with van der Waals surface area (Å²) in [7, 11) is 0. The molecule has 1 N–H and O–H groups in total. The van der Waals surface area contributed by atoms with Crippen molar-refractivity contribution in [1.29, 1.82) is 0 Å². The molecule has 3 aromatic rings. The molecule has 0 aliphatic carbocycles. The molecule has 0 atom stereocenters. The second-order valence-electron chi connectivity index (χ2n) is 5.57. The van der Waals surface area contributed by atoms with Crippen LogP contribution in [0.3, 0.4) is 0 Å². The zero-order valence-electron chi connectivity index (χ0n) is 13.2. The van der Waals surface area contributed by atoms with Crippen molar-refractivity contribution in [3.63, 3.8) is 0 Å². The van der Waals surface area contributed by atoms with E-state index in [9.17, 15) is 4.79 Å². The first kappa shape index (κ1) is 15.0. The summed E-state index contributed by atoms with van der Waals surface area (Å²) in [6.07, 6.45) is 0. The van der Waals surface area contributed by atoms with Crippen LogP contribution in [0.15, 0.2) is 71.8 Å². The fourth-order valence-electron chi connectivity index (χ4n) is 2.38. The van der Waals surface area contributed by atoms with E-state index in [1.807, 2.05) is 44.2 Å². The summed E-state index contributed by atoms with van der Waals surface area (Å²) >= 11 is 0. The Morgan fingerprint density at radius 3 is 2.26 bits per heavy atom. The van der Waals surface area contributed by atoms with E-state index < -0.39 is 0 Å². The lowest BCUT2D eigenvalue weighted by Crippen LogP contribution is -2.19. The number of carbonyl (C=O) groups is 1. The van der Waals surface area contributed by atoms with Crippen LogP contribution >= 0.6 is 0 Å². The van der Waals surface area contributed by atoms with E-state index in [1.54, 1.807) is 12.1 Å². The van der Waals surface area contributed by atoms with Crippen molar-refractivity contribution in [1.82, 2.24) is 5.43 Å². The second kappa shape index (κ2) is 6.44. The fraction of sp³-hybridized carbons (Fsp3) is 0.100. The highest BCUT2D eigenvalue weighted by Crippen LogP contribution is 2.16. The van der Waals surface area contributed by atoms with Crippen molar-refractivity contribution in [2.24, 2.45) is 5.10 Å². The van der Waals surface area contributed by atoms with Crippen molar-refractivity contribution in [2.75, 3.05) is 0 Å². The predicted molar refractivity (Wildman–Crippen MR) is 94.8 cm³/mol. The van der Waals surface area contributed by atoms with E-state index in [1.165, 1.54) is 5.39 Å². The van der Waals surface area contributed by atoms with E-state index in [2.05, 4.69) is 34.8 Å². The van der Waals surface area contributed by atoms with Crippen LogP contribution in [0.1, 0.15) is 28.4 Å². The van der Waals surface area contributed by atoms with Crippen LogP contribution in [0.2, 0.25) is 0 Å². The number of hydrogen-bond acceptors (Lipinski definition) is 2. The van der Waals surface area contributed by atoms with E-state index in [0.29, 0.717) is 5.56 Å². The maximum atomic E-state index is 12.1. The van der Waals surface area contributed by atoms with Crippen LogP contribution in [0, 0.1) is 6.92 Å². The molecule has 114 valence electrons. The van der Waals surface area contributed by atoms with Gasteiger partial charge in [0.05, 0.1) is 5.71 Å². The Morgan fingerprint density at radius 1 is 0.870 bits per heavy atom. The molecule has 0 heterocycles. The van der Waals surface area contributed by atoms with Gasteiger partial charge in [-0.1, -0.05) is 54.1 Å². The van der Waals surface area contributed by atoms with Gasteiger partial charge in [0.15, 0.2) is 0 Å². The molecule has 1 amide bonds. The van der Waals surface area contributed by atoms with Gasteiger partial charge in [-0.25, -0.2) is 5.43 Å². The summed E-state index contributed by atoms with van der Waals surface area (Å²) in [6.45, 7) is 3.88. The van der Waals surface area contributed by atoms with Crippen molar-refractivity contribution >= 4 is 22.4 Å². The van der Waals surface area contributed by atoms with Crippen molar-refractivity contribution < 1.29 is 4.79 Å². The number of rotatable bonds is 3. The lowest BCUT2D eigenvalue weighted by Gasteiger charge is -2.05. The monoisotopic (exact) mass is 302 g/mol. The predicted octanol–water partition coefficient (Wildman–Crippen LogP) is 4.30. The molecule has 3 aromatic carbocycles. The Kier molecular flexibility index (Phi) is 4.20. The summed E-state index contributed by atoms with van der Waals surface area (Å²) in [4.78, 5) is 12.1. The minimum absolute atomic E-state index is 0.204. The SMILES string of the molecule is C/C(=N\NC(=O)c1ccc(C)cc1)c1ccc2ccccc2c1. The number of aryl methyl sites for hydroxylation is 1. The normalized spacial score (nSPS) is 11.5. The number of hydrazone groups is 1. The molecule has 0 fully saturated rings. The van der Waals surface area contributed by atoms with E-state index >= 15 is 0 Å². The second-order valence-corrected chi connectivity index (χ2v) is 5.57. The van der Waals surface area contributed by atoms with Crippen molar-refractivity contribution in [3.05, 3.63) is 83.4 Å². The zero-order chi connectivity index (χ0) is 16.2. The molecule has 0 aromatic heterocycles. The van der Waals surface area contributed by atoms with Crippen LogP contribution in [0.5, 0.6) is 0 Å². The molecule has 0 aliphatic rings. The minimum Gasteiger partial charge on any atom is -0.267 e. The summed E-state index contributed by atoms with van der Waals surface area (Å²) in [5.41, 5.74) is 6.11. The fourth-order valence-corrected chi connectivity index (χ4v) is 2.38. The van der Waals surface area contributed by atoms with Crippen LogP contribution < -0.4 is 5.43 Å². The van der Waals surface area contributed by atoms with Gasteiger partial charge < -0.3 is 0 Å². The Balaban J connectivity index is 1.78. The molecule has 0 bridgehead atoms. The first-order valence-electron chi connectivity index (χ1n) is 7.54. The van der Waals surface area contributed by atoms with E-state index in [0.717, 1.165) is 22.2 Å². The third kappa shape index (κ3) is 3.46. The lowest BCUT2D eigenvalue weighted by atomic mass is 10.0. The maximum absolute atomic E-state index is 12.1. The molecule has 0 spiro atoms. The van der Waals surface area contributed by atoms with Gasteiger partial charge in [-0.15, -0.1) is 0 Å². The summed E-state index contributed by atoms with van der Waals surface area (Å²) in [6, 6.07) is 21.7. The topological polar surface area (TPSA) is 41.5 Å². The number of amides is 1. The minimum atomic E-state index is -0.204. The molecule has 3 rings (SSSR count). The molecular formula is C20H18N2O. The van der Waals surface area contributed by atoms with E-state index in [4.69, 9.17) is 0 Å². The third-order valence-corrected chi connectivity index (χ3v) is 3.81. The van der Waals surface area contributed by atoms with Crippen molar-refractivity contribution in [3.8, 4) is 0 Å². The standard InChI is InChI=1S/C20H18N2O/c1-14-7-9-17(10-8-14)20(23)22-21-15(2)18-12-11-16-5-3-4-6-19(16)13-18/h3-13H,1-2H3,(H,22,23)/b21-15+. The Morgan fingerprint density at radius 2 is 1.52 bits per heavy atom. The Bertz CT molecular complexity index is 880. The summed E-state index contributed by atoms with van der Waals surface area (Å²) < 4.78 is 0. The summed E-state index contributed by atoms with van der Waals surface area (Å²) in [5, 5.41) is 6.56. The Labute approximate surface area is 135 Å². The molecule has 23 heavy (non-hydrogen) atoms. The molecule has 0 radical (unpaired) electrons. The van der Waals surface area contributed by atoms with Crippen LogP contribution in [0.25, 0.3) is 10.8 Å². The number of nitrogens with zero attached hydrogens (tertiary/aromatic N) is 1. The van der Waals surface area contributed by atoms with Gasteiger partial charge >= 0.3 is 0 Å². The molecular weight excluding hydrogens is 284 g/mol. The number of fused-ring (bicyclic) bond motifs is 1. The molecule has 0 aliphatic heterocycles. The number of nitrogens with one attached hydrogen (secondary N) is 1. The van der Waals surface area contributed by atoms with E-state index in [-0.39, 0.29) is 5.91 Å². The maximum Gasteiger partial charge on any atom is 0.271 e. The van der Waals surface area contributed by atoms with Gasteiger partial charge in [-0.2, -0.15) is 5.10 Å². The van der Waals surface area contributed by atoms with Gasteiger partial charge in [0.25, 0.3) is 5.91 Å². The van der Waals surface area contributed by atoms with Crippen molar-refractivity contribution in [2.45, 2.75) is 13.8 Å². The quantitative estimate of drug-likeness (QED) is 0.568. The third-order valence-electron chi connectivity index (χ3n) is 3.81. The zero-order valence-corrected chi connectivity index (χ0v) is 13.2. The molecule has 0 unspecified atom stereocenters. The first-order valence-corrected chi connectivity index (χ1v) is 7.54. The van der Waals surface area contributed by atoms with Crippen LogP contribution in [0.4, 0.5) is 0 Å². The van der Waals surface area contributed by atoms with Gasteiger partial charge in [0, 0.05) is 5.56 Å². The summed E-state index contributed by atoms with van der Waals surface area (Å²) in [5.74, 6) is -0.204. The van der Waals surface area contributed by atoms with Gasteiger partial charge in [0.1, 0.15) is 0 Å². The Hall–Kier alpha value is -2.94. The number of hydrogen-bond donors (Lipinski definition) is 1. The molecule has 3 heteroatoms. The van der Waals surface area contributed by atoms with Crippen LogP contribution in [-0.4, -0.2) is 11.6 Å². The molecule has 3 nitrogen and oxygen atoms in total. The lowest BCUT2D eigenvalue weighted by molar-refractivity contribution is 0.0955. The molecule has 0 saturated carbocycles. The average molecular weight is 302 g/mol. The number of carbonyl (C=O) groups excluding carboxylic acids is 1. The largest absolute Gasteiger partial charge is 0.271 e.